The number of halogens is 2. The van der Waals surface area contributed by atoms with Gasteiger partial charge in [0.05, 0.1) is 16.4 Å². The molecule has 108 valence electrons. The molecule has 0 saturated carbocycles. The normalized spacial score (nSPS) is 12.7. The summed E-state index contributed by atoms with van der Waals surface area (Å²) in [5.41, 5.74) is 3.27. The summed E-state index contributed by atoms with van der Waals surface area (Å²) < 4.78 is 3.24. The number of nitrogens with zero attached hydrogens (tertiary/aromatic N) is 2. The summed E-state index contributed by atoms with van der Waals surface area (Å²) in [6.45, 7) is 4.88. The quantitative estimate of drug-likeness (QED) is 0.766. The van der Waals surface area contributed by atoms with E-state index in [0.29, 0.717) is 0 Å². The van der Waals surface area contributed by atoms with E-state index in [9.17, 15) is 0 Å². The Balaban J connectivity index is 2.28. The summed E-state index contributed by atoms with van der Waals surface area (Å²) in [5.74, 6) is 0. The molecule has 1 atom stereocenters. The highest BCUT2D eigenvalue weighted by atomic mass is 127. The van der Waals surface area contributed by atoms with Crippen molar-refractivity contribution in [2.75, 3.05) is 7.05 Å². The van der Waals surface area contributed by atoms with Crippen molar-refractivity contribution >= 4 is 34.2 Å². The Morgan fingerprint density at radius 1 is 1.35 bits per heavy atom. The molecule has 0 amide bonds. The number of hydrogen-bond donors (Lipinski definition) is 1. The summed E-state index contributed by atoms with van der Waals surface area (Å²) in [7, 11) is 1.98. The third-order valence-electron chi connectivity index (χ3n) is 3.47. The zero-order chi connectivity index (χ0) is 14.7. The largest absolute Gasteiger partial charge is 0.313 e. The molecular weight excluding hydrogens is 385 g/mol. The lowest BCUT2D eigenvalue weighted by atomic mass is 10.0. The van der Waals surface area contributed by atoms with Gasteiger partial charge in [-0.2, -0.15) is 5.10 Å². The molecule has 1 unspecified atom stereocenters. The van der Waals surface area contributed by atoms with E-state index in [2.05, 4.69) is 64.2 Å². The van der Waals surface area contributed by atoms with Crippen LogP contribution in [0.2, 0.25) is 5.02 Å². The molecule has 0 radical (unpaired) electrons. The SMILES string of the molecule is CCn1nc(C)c(Cl)c1CC(NC)c1ccc(I)cc1. The van der Waals surface area contributed by atoms with Crippen molar-refractivity contribution in [2.24, 2.45) is 0 Å². The molecule has 5 heteroatoms. The maximum Gasteiger partial charge on any atom is 0.0847 e. The van der Waals surface area contributed by atoms with Gasteiger partial charge in [-0.15, -0.1) is 0 Å². The van der Waals surface area contributed by atoms with E-state index >= 15 is 0 Å². The van der Waals surface area contributed by atoms with Gasteiger partial charge in [0, 0.05) is 22.6 Å². The lowest BCUT2D eigenvalue weighted by molar-refractivity contribution is 0.541. The van der Waals surface area contributed by atoms with Crippen LogP contribution in [0.3, 0.4) is 0 Å². The second-order valence-corrected chi connectivity index (χ2v) is 6.38. The molecule has 0 spiro atoms. The van der Waals surface area contributed by atoms with Crippen LogP contribution in [0.5, 0.6) is 0 Å². The van der Waals surface area contributed by atoms with Gasteiger partial charge in [-0.25, -0.2) is 0 Å². The minimum atomic E-state index is 0.242. The summed E-state index contributed by atoms with van der Waals surface area (Å²) in [4.78, 5) is 0. The summed E-state index contributed by atoms with van der Waals surface area (Å²) in [6, 6.07) is 8.83. The van der Waals surface area contributed by atoms with Crippen LogP contribution in [0.1, 0.15) is 29.9 Å². The lowest BCUT2D eigenvalue weighted by Gasteiger charge is -2.17. The number of nitrogens with one attached hydrogen (secondary N) is 1. The smallest absolute Gasteiger partial charge is 0.0847 e. The molecule has 1 heterocycles. The molecule has 0 saturated heterocycles. The van der Waals surface area contributed by atoms with Gasteiger partial charge < -0.3 is 5.32 Å². The Hall–Kier alpha value is -0.590. The van der Waals surface area contributed by atoms with Crippen LogP contribution in [0.25, 0.3) is 0 Å². The fraction of sp³-hybridized carbons (Fsp3) is 0.400. The number of benzene rings is 1. The Labute approximate surface area is 138 Å². The van der Waals surface area contributed by atoms with Gasteiger partial charge in [0.25, 0.3) is 0 Å². The highest BCUT2D eigenvalue weighted by Crippen LogP contribution is 2.26. The minimum absolute atomic E-state index is 0.242. The van der Waals surface area contributed by atoms with Crippen LogP contribution in [0, 0.1) is 10.5 Å². The first-order valence-corrected chi connectivity index (χ1v) is 8.17. The fourth-order valence-electron chi connectivity index (χ4n) is 2.34. The molecule has 1 aromatic heterocycles. The van der Waals surface area contributed by atoms with Gasteiger partial charge in [-0.3, -0.25) is 4.68 Å². The van der Waals surface area contributed by atoms with Gasteiger partial charge in [-0.05, 0) is 61.2 Å². The highest BCUT2D eigenvalue weighted by Gasteiger charge is 2.18. The van der Waals surface area contributed by atoms with E-state index < -0.39 is 0 Å². The van der Waals surface area contributed by atoms with Gasteiger partial charge in [0.2, 0.25) is 0 Å². The van der Waals surface area contributed by atoms with E-state index in [1.807, 2.05) is 18.7 Å². The standard InChI is InChI=1S/C15H19ClIN3/c1-4-20-14(15(16)10(2)19-20)9-13(18-3)11-5-7-12(17)8-6-11/h5-8,13,18H,4,9H2,1-3H3. The maximum absolute atomic E-state index is 6.39. The number of aromatic nitrogens is 2. The lowest BCUT2D eigenvalue weighted by Crippen LogP contribution is -2.20. The minimum Gasteiger partial charge on any atom is -0.313 e. The number of rotatable bonds is 5. The third kappa shape index (κ3) is 3.35. The van der Waals surface area contributed by atoms with E-state index in [1.54, 1.807) is 0 Å². The summed E-state index contributed by atoms with van der Waals surface area (Å²) in [6.07, 6.45) is 0.838. The zero-order valence-electron chi connectivity index (χ0n) is 12.0. The first kappa shape index (κ1) is 15.8. The Morgan fingerprint density at radius 2 is 2.00 bits per heavy atom. The molecule has 0 aliphatic rings. The average molecular weight is 404 g/mol. The average Bonchev–Trinajstić information content (AvgIpc) is 2.73. The predicted octanol–water partition coefficient (Wildman–Crippen LogP) is 3.97. The maximum atomic E-state index is 6.39. The van der Waals surface area contributed by atoms with Crippen LogP contribution >= 0.6 is 34.2 Å². The molecule has 1 aromatic carbocycles. The predicted molar refractivity (Wildman–Crippen MR) is 92.3 cm³/mol. The van der Waals surface area contributed by atoms with Gasteiger partial charge >= 0.3 is 0 Å². The van der Waals surface area contributed by atoms with Crippen molar-refractivity contribution < 1.29 is 0 Å². The second kappa shape index (κ2) is 6.91. The molecule has 0 aliphatic carbocycles. The fourth-order valence-corrected chi connectivity index (χ4v) is 2.91. The molecule has 0 bridgehead atoms. The molecule has 2 rings (SSSR count). The first-order chi connectivity index (χ1) is 9.56. The van der Waals surface area contributed by atoms with Crippen LogP contribution < -0.4 is 5.32 Å². The monoisotopic (exact) mass is 403 g/mol. The molecule has 0 fully saturated rings. The Kier molecular flexibility index (Phi) is 5.46. The third-order valence-corrected chi connectivity index (χ3v) is 4.68. The van der Waals surface area contributed by atoms with Crippen molar-refractivity contribution in [2.45, 2.75) is 32.9 Å². The molecule has 2 aromatic rings. The van der Waals surface area contributed by atoms with Gasteiger partial charge in [0.1, 0.15) is 0 Å². The topological polar surface area (TPSA) is 29.9 Å². The van der Waals surface area contributed by atoms with E-state index in [-0.39, 0.29) is 6.04 Å². The molecular formula is C15H19ClIN3. The van der Waals surface area contributed by atoms with Crippen molar-refractivity contribution in [3.8, 4) is 0 Å². The Morgan fingerprint density at radius 3 is 2.55 bits per heavy atom. The second-order valence-electron chi connectivity index (χ2n) is 4.76. The van der Waals surface area contributed by atoms with Crippen molar-refractivity contribution in [3.63, 3.8) is 0 Å². The van der Waals surface area contributed by atoms with Crippen LogP contribution in [0.15, 0.2) is 24.3 Å². The van der Waals surface area contributed by atoms with Crippen LogP contribution in [0.4, 0.5) is 0 Å². The van der Waals surface area contributed by atoms with Crippen molar-refractivity contribution in [1.82, 2.24) is 15.1 Å². The molecule has 3 nitrogen and oxygen atoms in total. The van der Waals surface area contributed by atoms with E-state index in [1.165, 1.54) is 9.13 Å². The molecule has 20 heavy (non-hydrogen) atoms. The van der Waals surface area contributed by atoms with E-state index in [4.69, 9.17) is 11.6 Å². The van der Waals surface area contributed by atoms with Gasteiger partial charge in [0.15, 0.2) is 0 Å². The number of hydrogen-bond acceptors (Lipinski definition) is 2. The van der Waals surface area contributed by atoms with Crippen molar-refractivity contribution in [1.29, 1.82) is 0 Å². The molecule has 0 aliphatic heterocycles. The first-order valence-electron chi connectivity index (χ1n) is 6.71. The highest BCUT2D eigenvalue weighted by molar-refractivity contribution is 14.1. The van der Waals surface area contributed by atoms with Crippen molar-refractivity contribution in [3.05, 3.63) is 49.8 Å². The van der Waals surface area contributed by atoms with Gasteiger partial charge in [-0.1, -0.05) is 23.7 Å². The molecule has 1 N–H and O–H groups in total. The van der Waals surface area contributed by atoms with Crippen LogP contribution in [-0.2, 0) is 13.0 Å². The van der Waals surface area contributed by atoms with E-state index in [0.717, 1.165) is 29.4 Å². The summed E-state index contributed by atoms with van der Waals surface area (Å²) in [5, 5.41) is 8.64. The zero-order valence-corrected chi connectivity index (χ0v) is 14.9. The summed E-state index contributed by atoms with van der Waals surface area (Å²) >= 11 is 8.71. The Bertz CT molecular complexity index is 578. The number of likely N-dealkylation sites (N-methyl/N-ethyl adjacent to an activating group) is 1. The van der Waals surface area contributed by atoms with Crippen LogP contribution in [-0.4, -0.2) is 16.8 Å². The number of aryl methyl sites for hydroxylation is 2.